The molecule has 7 nitrogen and oxygen atoms in total. The van der Waals surface area contributed by atoms with Crippen molar-refractivity contribution in [2.45, 2.75) is 89.8 Å². The Hall–Kier alpha value is -1.79. The Kier molecular flexibility index (Phi) is 6.76. The number of nitrogens with zero attached hydrogens (tertiary/aromatic N) is 1. The quantitative estimate of drug-likeness (QED) is 0.564. The summed E-state index contributed by atoms with van der Waals surface area (Å²) in [6, 6.07) is -0.309. The summed E-state index contributed by atoms with van der Waals surface area (Å²) in [5.74, 6) is -0.806. The molecule has 1 spiro atoms. The highest BCUT2D eigenvalue weighted by Gasteiger charge is 2.58. The van der Waals surface area contributed by atoms with Crippen molar-refractivity contribution in [3.05, 3.63) is 0 Å². The van der Waals surface area contributed by atoms with Gasteiger partial charge in [-0.25, -0.2) is 4.79 Å². The summed E-state index contributed by atoms with van der Waals surface area (Å²) in [6.07, 6.45) is 4.87. The fourth-order valence-electron chi connectivity index (χ4n) is 4.12. The van der Waals surface area contributed by atoms with Gasteiger partial charge in [0.1, 0.15) is 5.60 Å². The lowest BCUT2D eigenvalue weighted by molar-refractivity contribution is -0.146. The van der Waals surface area contributed by atoms with E-state index in [-0.39, 0.29) is 24.0 Å². The smallest absolute Gasteiger partial charge is 0.410 e. The summed E-state index contributed by atoms with van der Waals surface area (Å²) in [7, 11) is 1.36. The molecule has 2 aliphatic rings. The number of amides is 2. The number of likely N-dealkylation sites (tertiary alicyclic amines) is 1. The second-order valence-electron chi connectivity index (χ2n) is 8.78. The van der Waals surface area contributed by atoms with Crippen LogP contribution in [0.2, 0.25) is 0 Å². The molecule has 1 saturated carbocycles. The van der Waals surface area contributed by atoms with Crippen LogP contribution in [-0.4, -0.2) is 53.7 Å². The number of carbonyl (C=O) groups is 3. The fourth-order valence-corrected chi connectivity index (χ4v) is 4.12. The standard InChI is InChI=1S/C20H34N2O5/c1-6-7-8-9-16(23)21-15-13-20(12-14(15)17(24)26-5)10-11-22(20)18(25)27-19(2,3)4/h14-15H,6-13H2,1-5H3,(H,21,23). The molecule has 2 fully saturated rings. The van der Waals surface area contributed by atoms with E-state index in [9.17, 15) is 14.4 Å². The largest absolute Gasteiger partial charge is 0.469 e. The van der Waals surface area contributed by atoms with Gasteiger partial charge >= 0.3 is 12.1 Å². The van der Waals surface area contributed by atoms with E-state index < -0.39 is 17.1 Å². The first-order chi connectivity index (χ1) is 12.6. The van der Waals surface area contributed by atoms with Crippen LogP contribution in [0.25, 0.3) is 0 Å². The van der Waals surface area contributed by atoms with Crippen molar-refractivity contribution in [1.29, 1.82) is 0 Å². The molecule has 1 aliphatic heterocycles. The first-order valence-corrected chi connectivity index (χ1v) is 9.99. The number of unbranched alkanes of at least 4 members (excludes halogenated alkanes) is 2. The van der Waals surface area contributed by atoms with Crippen molar-refractivity contribution >= 4 is 18.0 Å². The van der Waals surface area contributed by atoms with E-state index in [0.29, 0.717) is 25.8 Å². The van der Waals surface area contributed by atoms with Gasteiger partial charge in [0, 0.05) is 19.0 Å². The van der Waals surface area contributed by atoms with Crippen molar-refractivity contribution in [2.24, 2.45) is 5.92 Å². The molecule has 3 atom stereocenters. The highest BCUT2D eigenvalue weighted by atomic mass is 16.6. The van der Waals surface area contributed by atoms with E-state index in [2.05, 4.69) is 12.2 Å². The van der Waals surface area contributed by atoms with Gasteiger partial charge in [0.2, 0.25) is 5.91 Å². The maximum absolute atomic E-state index is 12.6. The maximum atomic E-state index is 12.6. The molecule has 0 aromatic rings. The summed E-state index contributed by atoms with van der Waals surface area (Å²) < 4.78 is 10.5. The third kappa shape index (κ3) is 5.14. The Labute approximate surface area is 162 Å². The molecule has 7 heteroatoms. The molecule has 0 bridgehead atoms. The van der Waals surface area contributed by atoms with Crippen LogP contribution in [-0.2, 0) is 19.1 Å². The summed E-state index contributed by atoms with van der Waals surface area (Å²) >= 11 is 0. The van der Waals surface area contributed by atoms with E-state index in [1.54, 1.807) is 4.90 Å². The number of hydrogen-bond acceptors (Lipinski definition) is 5. The molecule has 27 heavy (non-hydrogen) atoms. The second-order valence-corrected chi connectivity index (χ2v) is 8.78. The SMILES string of the molecule is CCCCCC(=O)NC1CC2(CCN2C(=O)OC(C)(C)C)CC1C(=O)OC. The minimum absolute atomic E-state index is 0.0393. The minimum atomic E-state index is -0.568. The van der Waals surface area contributed by atoms with E-state index in [4.69, 9.17) is 9.47 Å². The van der Waals surface area contributed by atoms with E-state index in [1.165, 1.54) is 7.11 Å². The molecule has 1 aliphatic carbocycles. The average Bonchev–Trinajstić information content (AvgIpc) is 2.93. The minimum Gasteiger partial charge on any atom is -0.469 e. The van der Waals surface area contributed by atoms with Gasteiger partial charge in [-0.05, 0) is 46.5 Å². The Bertz CT molecular complexity index is 571. The van der Waals surface area contributed by atoms with Crippen LogP contribution in [0.1, 0.15) is 72.6 Å². The van der Waals surface area contributed by atoms with Crippen LogP contribution in [0.3, 0.4) is 0 Å². The molecule has 1 N–H and O–H groups in total. The number of nitrogens with one attached hydrogen (secondary N) is 1. The van der Waals surface area contributed by atoms with Crippen molar-refractivity contribution in [2.75, 3.05) is 13.7 Å². The van der Waals surface area contributed by atoms with Gasteiger partial charge in [0.15, 0.2) is 0 Å². The van der Waals surface area contributed by atoms with Gasteiger partial charge in [0.25, 0.3) is 0 Å². The lowest BCUT2D eigenvalue weighted by Gasteiger charge is -2.50. The lowest BCUT2D eigenvalue weighted by Crippen LogP contribution is -2.62. The zero-order chi connectivity index (χ0) is 20.2. The number of hydrogen-bond donors (Lipinski definition) is 1. The summed E-state index contributed by atoms with van der Waals surface area (Å²) in [6.45, 7) is 8.21. The fraction of sp³-hybridized carbons (Fsp3) is 0.850. The molecule has 3 unspecified atom stereocenters. The summed E-state index contributed by atoms with van der Waals surface area (Å²) in [4.78, 5) is 38.8. The summed E-state index contributed by atoms with van der Waals surface area (Å²) in [5.41, 5.74) is -0.996. The molecule has 0 aromatic carbocycles. The molecule has 1 heterocycles. The van der Waals surface area contributed by atoms with Crippen molar-refractivity contribution < 1.29 is 23.9 Å². The Morgan fingerprint density at radius 1 is 1.19 bits per heavy atom. The molecule has 154 valence electrons. The maximum Gasteiger partial charge on any atom is 0.410 e. The van der Waals surface area contributed by atoms with Crippen LogP contribution in [0.5, 0.6) is 0 Å². The van der Waals surface area contributed by atoms with Crippen LogP contribution in [0, 0.1) is 5.92 Å². The number of esters is 1. The lowest BCUT2D eigenvalue weighted by atomic mass is 9.82. The molecule has 2 amide bonds. The third-order valence-corrected chi connectivity index (χ3v) is 5.53. The van der Waals surface area contributed by atoms with E-state index >= 15 is 0 Å². The zero-order valence-corrected chi connectivity index (χ0v) is 17.3. The highest BCUT2D eigenvalue weighted by Crippen LogP contribution is 2.48. The van der Waals surface area contributed by atoms with Gasteiger partial charge in [-0.15, -0.1) is 0 Å². The second kappa shape index (κ2) is 8.48. The number of ether oxygens (including phenoxy) is 2. The molecule has 1 saturated heterocycles. The van der Waals surface area contributed by atoms with Gasteiger partial charge in [-0.3, -0.25) is 9.59 Å². The number of carbonyl (C=O) groups excluding carboxylic acids is 3. The Morgan fingerprint density at radius 2 is 1.89 bits per heavy atom. The van der Waals surface area contributed by atoms with Gasteiger partial charge < -0.3 is 19.7 Å². The van der Waals surface area contributed by atoms with E-state index in [1.807, 2.05) is 20.8 Å². The van der Waals surface area contributed by atoms with Crippen LogP contribution in [0.15, 0.2) is 0 Å². The predicted molar refractivity (Wildman–Crippen MR) is 101 cm³/mol. The Morgan fingerprint density at radius 3 is 2.41 bits per heavy atom. The van der Waals surface area contributed by atoms with Gasteiger partial charge in [-0.1, -0.05) is 19.8 Å². The normalized spacial score (nSPS) is 27.2. The van der Waals surface area contributed by atoms with Gasteiger partial charge in [0.05, 0.1) is 18.6 Å². The monoisotopic (exact) mass is 382 g/mol. The van der Waals surface area contributed by atoms with Crippen LogP contribution >= 0.6 is 0 Å². The summed E-state index contributed by atoms with van der Waals surface area (Å²) in [5, 5.41) is 3.02. The van der Waals surface area contributed by atoms with Crippen molar-refractivity contribution in [1.82, 2.24) is 10.2 Å². The third-order valence-electron chi connectivity index (χ3n) is 5.53. The van der Waals surface area contributed by atoms with E-state index in [0.717, 1.165) is 25.7 Å². The molecule has 2 rings (SSSR count). The first kappa shape index (κ1) is 21.5. The molecular formula is C20H34N2O5. The number of rotatable bonds is 6. The van der Waals surface area contributed by atoms with Gasteiger partial charge in [-0.2, -0.15) is 0 Å². The molecular weight excluding hydrogens is 348 g/mol. The van der Waals surface area contributed by atoms with Crippen molar-refractivity contribution in [3.8, 4) is 0 Å². The zero-order valence-electron chi connectivity index (χ0n) is 17.3. The number of methoxy groups -OCH3 is 1. The molecule has 0 radical (unpaired) electrons. The van der Waals surface area contributed by atoms with Crippen molar-refractivity contribution in [3.63, 3.8) is 0 Å². The van der Waals surface area contributed by atoms with Crippen LogP contribution in [0.4, 0.5) is 4.79 Å². The first-order valence-electron chi connectivity index (χ1n) is 9.99. The highest BCUT2D eigenvalue weighted by molar-refractivity contribution is 5.80. The predicted octanol–water partition coefficient (Wildman–Crippen LogP) is 3.01. The molecule has 0 aromatic heterocycles. The topological polar surface area (TPSA) is 84.9 Å². The Balaban J connectivity index is 2.06. The average molecular weight is 383 g/mol. The van der Waals surface area contributed by atoms with Crippen LogP contribution < -0.4 is 5.32 Å².